The molecule has 2 rings (SSSR count). The van der Waals surface area contributed by atoms with E-state index in [1.807, 2.05) is 11.3 Å². The van der Waals surface area contributed by atoms with Gasteiger partial charge in [0.1, 0.15) is 0 Å². The molecular formula is C11H14BrClS. The van der Waals surface area contributed by atoms with Gasteiger partial charge >= 0.3 is 0 Å². The summed E-state index contributed by atoms with van der Waals surface area (Å²) < 4.78 is 1.23. The van der Waals surface area contributed by atoms with Crippen LogP contribution in [0.1, 0.15) is 30.6 Å². The normalized spacial score (nSPS) is 20.1. The van der Waals surface area contributed by atoms with E-state index in [0.717, 1.165) is 5.88 Å². The molecule has 1 saturated carbocycles. The highest BCUT2D eigenvalue weighted by Gasteiger charge is 2.33. The van der Waals surface area contributed by atoms with Crippen LogP contribution < -0.4 is 0 Å². The predicted molar refractivity (Wildman–Crippen MR) is 67.3 cm³/mol. The van der Waals surface area contributed by atoms with Gasteiger partial charge in [-0.15, -0.1) is 22.9 Å². The molecule has 1 heterocycles. The maximum atomic E-state index is 6.11. The molecule has 14 heavy (non-hydrogen) atoms. The van der Waals surface area contributed by atoms with Crippen LogP contribution in [0, 0.1) is 5.41 Å². The lowest BCUT2D eigenvalue weighted by atomic mass is 9.84. The van der Waals surface area contributed by atoms with Crippen LogP contribution in [0.4, 0.5) is 0 Å². The molecule has 1 fully saturated rings. The average Bonchev–Trinajstić information content (AvgIpc) is 2.77. The Kier molecular flexibility index (Phi) is 3.56. The minimum absolute atomic E-state index is 0.409. The molecule has 78 valence electrons. The number of rotatable bonds is 3. The molecular weight excluding hydrogens is 280 g/mol. The van der Waals surface area contributed by atoms with Gasteiger partial charge in [0.25, 0.3) is 0 Å². The van der Waals surface area contributed by atoms with Crippen molar-refractivity contribution in [2.45, 2.75) is 32.1 Å². The van der Waals surface area contributed by atoms with E-state index in [4.69, 9.17) is 11.6 Å². The minimum atomic E-state index is 0.409. The molecule has 0 spiro atoms. The van der Waals surface area contributed by atoms with Gasteiger partial charge in [-0.1, -0.05) is 12.8 Å². The van der Waals surface area contributed by atoms with E-state index in [1.165, 1.54) is 40.8 Å². The molecule has 0 atom stereocenters. The zero-order chi connectivity index (χ0) is 10.0. The first-order chi connectivity index (χ1) is 6.74. The first-order valence-electron chi connectivity index (χ1n) is 5.04. The summed E-state index contributed by atoms with van der Waals surface area (Å²) >= 11 is 11.5. The van der Waals surface area contributed by atoms with Gasteiger partial charge in [-0.05, 0) is 52.7 Å². The summed E-state index contributed by atoms with van der Waals surface area (Å²) in [6.07, 6.45) is 6.52. The van der Waals surface area contributed by atoms with E-state index >= 15 is 0 Å². The molecule has 1 aliphatic carbocycles. The molecule has 1 aromatic heterocycles. The lowest BCUT2D eigenvalue weighted by Gasteiger charge is -2.25. The van der Waals surface area contributed by atoms with E-state index in [2.05, 4.69) is 28.1 Å². The fraction of sp³-hybridized carbons (Fsp3) is 0.636. The highest BCUT2D eigenvalue weighted by atomic mass is 79.9. The molecule has 0 N–H and O–H groups in total. The van der Waals surface area contributed by atoms with Crippen LogP contribution in [-0.2, 0) is 6.42 Å². The summed E-state index contributed by atoms with van der Waals surface area (Å²) in [4.78, 5) is 1.47. The summed E-state index contributed by atoms with van der Waals surface area (Å²) in [5.74, 6) is 0.822. The van der Waals surface area contributed by atoms with Crippen LogP contribution >= 0.6 is 38.9 Å². The van der Waals surface area contributed by atoms with Crippen LogP contribution in [0.15, 0.2) is 15.9 Å². The van der Waals surface area contributed by atoms with Gasteiger partial charge in [0.05, 0.1) is 3.79 Å². The third kappa shape index (κ3) is 2.34. The van der Waals surface area contributed by atoms with Crippen molar-refractivity contribution in [1.82, 2.24) is 0 Å². The van der Waals surface area contributed by atoms with Crippen LogP contribution in [0.5, 0.6) is 0 Å². The Labute approximate surface area is 103 Å². The third-order valence-electron chi connectivity index (χ3n) is 3.13. The van der Waals surface area contributed by atoms with Gasteiger partial charge in [0.15, 0.2) is 0 Å². The number of hydrogen-bond donors (Lipinski definition) is 0. The standard InChI is InChI=1S/C11H14BrClS/c12-10-4-3-9(14-10)7-11(8-13)5-1-2-6-11/h3-4H,1-2,5-8H2. The smallest absolute Gasteiger partial charge is 0.0701 e. The molecule has 0 radical (unpaired) electrons. The Bertz CT molecular complexity index is 302. The number of thiophene rings is 1. The zero-order valence-corrected chi connectivity index (χ0v) is 11.2. The number of halogens is 2. The Balaban J connectivity index is 2.08. The van der Waals surface area contributed by atoms with Crippen molar-refractivity contribution < 1.29 is 0 Å². The van der Waals surface area contributed by atoms with Crippen molar-refractivity contribution in [3.05, 3.63) is 20.8 Å². The topological polar surface area (TPSA) is 0 Å². The zero-order valence-electron chi connectivity index (χ0n) is 8.06. The molecule has 0 unspecified atom stereocenters. The van der Waals surface area contributed by atoms with Crippen molar-refractivity contribution in [2.75, 3.05) is 5.88 Å². The second-order valence-corrected chi connectivity index (χ2v) is 7.04. The average molecular weight is 294 g/mol. The fourth-order valence-electron chi connectivity index (χ4n) is 2.30. The van der Waals surface area contributed by atoms with Crippen LogP contribution in [0.2, 0.25) is 0 Å². The fourth-order valence-corrected chi connectivity index (χ4v) is 4.32. The summed E-state index contributed by atoms with van der Waals surface area (Å²) in [7, 11) is 0. The van der Waals surface area contributed by atoms with Gasteiger partial charge in [-0.3, -0.25) is 0 Å². The predicted octanol–water partition coefficient (Wildman–Crippen LogP) is 4.85. The van der Waals surface area contributed by atoms with Crippen LogP contribution in [0.3, 0.4) is 0 Å². The van der Waals surface area contributed by atoms with E-state index < -0.39 is 0 Å². The van der Waals surface area contributed by atoms with Gasteiger partial charge in [-0.25, -0.2) is 0 Å². The molecule has 0 amide bonds. The molecule has 1 aromatic rings. The quantitative estimate of drug-likeness (QED) is 0.699. The van der Waals surface area contributed by atoms with Crippen molar-refractivity contribution in [2.24, 2.45) is 5.41 Å². The van der Waals surface area contributed by atoms with Crippen molar-refractivity contribution in [1.29, 1.82) is 0 Å². The van der Waals surface area contributed by atoms with Gasteiger partial charge < -0.3 is 0 Å². The number of alkyl halides is 1. The summed E-state index contributed by atoms with van der Waals surface area (Å²) in [5.41, 5.74) is 0.409. The van der Waals surface area contributed by atoms with Gasteiger partial charge in [0.2, 0.25) is 0 Å². The van der Waals surface area contributed by atoms with E-state index in [0.29, 0.717) is 5.41 Å². The van der Waals surface area contributed by atoms with E-state index in [1.54, 1.807) is 0 Å². The van der Waals surface area contributed by atoms with Gasteiger partial charge in [-0.2, -0.15) is 0 Å². The molecule has 0 bridgehead atoms. The Morgan fingerprint density at radius 1 is 1.36 bits per heavy atom. The maximum absolute atomic E-state index is 6.11. The second-order valence-electron chi connectivity index (χ2n) is 4.22. The summed E-state index contributed by atoms with van der Waals surface area (Å²) in [5, 5.41) is 0. The Morgan fingerprint density at radius 3 is 2.57 bits per heavy atom. The third-order valence-corrected chi connectivity index (χ3v) is 5.32. The van der Waals surface area contributed by atoms with Crippen LogP contribution in [-0.4, -0.2) is 5.88 Å². The van der Waals surface area contributed by atoms with Crippen molar-refractivity contribution in [3.8, 4) is 0 Å². The maximum Gasteiger partial charge on any atom is 0.0701 e. The Hall–Kier alpha value is 0.470. The minimum Gasteiger partial charge on any atom is -0.133 e. The highest BCUT2D eigenvalue weighted by molar-refractivity contribution is 9.11. The molecule has 3 heteroatoms. The first-order valence-corrected chi connectivity index (χ1v) is 7.19. The van der Waals surface area contributed by atoms with Gasteiger partial charge in [0, 0.05) is 10.8 Å². The highest BCUT2D eigenvalue weighted by Crippen LogP contribution is 2.43. The molecule has 0 saturated heterocycles. The molecule has 0 aromatic carbocycles. The SMILES string of the molecule is ClCC1(Cc2ccc(Br)s2)CCCC1. The second kappa shape index (κ2) is 4.54. The first kappa shape index (κ1) is 11.0. The van der Waals surface area contributed by atoms with Crippen molar-refractivity contribution in [3.63, 3.8) is 0 Å². The molecule has 0 nitrogen and oxygen atoms in total. The van der Waals surface area contributed by atoms with E-state index in [9.17, 15) is 0 Å². The Morgan fingerprint density at radius 2 is 2.07 bits per heavy atom. The monoisotopic (exact) mass is 292 g/mol. The lowest BCUT2D eigenvalue weighted by molar-refractivity contribution is 0.343. The summed E-state index contributed by atoms with van der Waals surface area (Å²) in [6, 6.07) is 4.36. The number of hydrogen-bond acceptors (Lipinski definition) is 1. The van der Waals surface area contributed by atoms with Crippen molar-refractivity contribution >= 4 is 38.9 Å². The largest absolute Gasteiger partial charge is 0.133 e. The molecule has 0 aliphatic heterocycles. The van der Waals surface area contributed by atoms with Crippen LogP contribution in [0.25, 0.3) is 0 Å². The summed E-state index contributed by atoms with van der Waals surface area (Å²) in [6.45, 7) is 0. The molecule has 1 aliphatic rings. The lowest BCUT2D eigenvalue weighted by Crippen LogP contribution is -2.20. The van der Waals surface area contributed by atoms with E-state index in [-0.39, 0.29) is 0 Å².